The molecule has 1 aromatic carbocycles. The van der Waals surface area contributed by atoms with Crippen LogP contribution in [0.2, 0.25) is 0 Å². The van der Waals surface area contributed by atoms with Crippen molar-refractivity contribution in [2.45, 2.75) is 25.3 Å². The smallest absolute Gasteiger partial charge is 0.231 e. The van der Waals surface area contributed by atoms with Gasteiger partial charge in [-0.1, -0.05) is 6.07 Å². The molecular weight excluding hydrogens is 242 g/mol. The van der Waals surface area contributed by atoms with Gasteiger partial charge < -0.3 is 19.5 Å². The van der Waals surface area contributed by atoms with E-state index in [1.165, 1.54) is 18.4 Å². The number of hydrogen-bond donors (Lipinski definition) is 1. The summed E-state index contributed by atoms with van der Waals surface area (Å²) in [6.07, 6.45) is 3.68. The van der Waals surface area contributed by atoms with Crippen molar-refractivity contribution in [3.8, 4) is 11.5 Å². The molecule has 0 radical (unpaired) electrons. The maximum absolute atomic E-state index is 5.39. The predicted octanol–water partition coefficient (Wildman–Crippen LogP) is 1.97. The molecule has 1 N–H and O–H groups in total. The molecule has 1 aliphatic carbocycles. The molecule has 0 saturated heterocycles. The minimum absolute atomic E-state index is 0.342. The first kappa shape index (κ1) is 12.8. The third-order valence-corrected chi connectivity index (χ3v) is 3.79. The van der Waals surface area contributed by atoms with Crippen LogP contribution in [-0.2, 0) is 11.2 Å². The van der Waals surface area contributed by atoms with E-state index in [2.05, 4.69) is 17.4 Å². The van der Waals surface area contributed by atoms with Gasteiger partial charge in [-0.3, -0.25) is 0 Å². The van der Waals surface area contributed by atoms with Crippen LogP contribution < -0.4 is 14.8 Å². The Hall–Kier alpha value is -1.26. The molecule has 0 unspecified atom stereocenters. The Morgan fingerprint density at radius 1 is 1.32 bits per heavy atom. The van der Waals surface area contributed by atoms with Gasteiger partial charge in [0.05, 0.1) is 6.61 Å². The third-order valence-electron chi connectivity index (χ3n) is 3.79. The molecule has 19 heavy (non-hydrogen) atoms. The van der Waals surface area contributed by atoms with Crippen LogP contribution in [0, 0.1) is 5.92 Å². The Morgan fingerprint density at radius 3 is 2.95 bits per heavy atom. The first-order valence-corrected chi connectivity index (χ1v) is 6.97. The fourth-order valence-electron chi connectivity index (χ4n) is 2.54. The topological polar surface area (TPSA) is 39.7 Å². The number of rotatable bonds is 7. The fourth-order valence-corrected chi connectivity index (χ4v) is 2.54. The van der Waals surface area contributed by atoms with Gasteiger partial charge in [-0.15, -0.1) is 0 Å². The largest absolute Gasteiger partial charge is 0.454 e. The van der Waals surface area contributed by atoms with Gasteiger partial charge >= 0.3 is 0 Å². The standard InChI is InChI=1S/C15H21NO3/c1-17-9-13(12-3-4-12)16-7-6-11-2-5-14-15(8-11)19-10-18-14/h2,5,8,12-13,16H,3-4,6-7,9-10H2,1H3/t13-/m0/s1. The fraction of sp³-hybridized carbons (Fsp3) is 0.600. The van der Waals surface area contributed by atoms with Crippen LogP contribution in [0.4, 0.5) is 0 Å². The van der Waals surface area contributed by atoms with E-state index in [1.54, 1.807) is 7.11 Å². The maximum Gasteiger partial charge on any atom is 0.231 e. The van der Waals surface area contributed by atoms with Crippen LogP contribution in [0.1, 0.15) is 18.4 Å². The molecule has 1 aliphatic heterocycles. The van der Waals surface area contributed by atoms with Gasteiger partial charge in [0.1, 0.15) is 0 Å². The van der Waals surface area contributed by atoms with Gasteiger partial charge in [0.2, 0.25) is 6.79 Å². The van der Waals surface area contributed by atoms with Crippen molar-refractivity contribution in [2.24, 2.45) is 5.92 Å². The lowest BCUT2D eigenvalue weighted by Gasteiger charge is -2.17. The Balaban J connectivity index is 1.49. The summed E-state index contributed by atoms with van der Waals surface area (Å²) in [6, 6.07) is 6.69. The van der Waals surface area contributed by atoms with E-state index < -0.39 is 0 Å². The number of benzene rings is 1. The summed E-state index contributed by atoms with van der Waals surface area (Å²) in [5.74, 6) is 2.54. The molecule has 1 saturated carbocycles. The Kier molecular flexibility index (Phi) is 3.89. The van der Waals surface area contributed by atoms with Crippen LogP contribution in [0.3, 0.4) is 0 Å². The van der Waals surface area contributed by atoms with Crippen molar-refractivity contribution in [1.82, 2.24) is 5.32 Å². The molecule has 1 heterocycles. The lowest BCUT2D eigenvalue weighted by molar-refractivity contribution is 0.158. The second-order valence-corrected chi connectivity index (χ2v) is 5.29. The molecule has 3 rings (SSSR count). The lowest BCUT2D eigenvalue weighted by Crippen LogP contribution is -2.36. The summed E-state index contributed by atoms with van der Waals surface area (Å²) < 4.78 is 16.0. The molecule has 1 atom stereocenters. The quantitative estimate of drug-likeness (QED) is 0.816. The number of hydrogen-bond acceptors (Lipinski definition) is 4. The zero-order valence-corrected chi connectivity index (χ0v) is 11.4. The molecule has 0 aromatic heterocycles. The van der Waals surface area contributed by atoms with Crippen molar-refractivity contribution < 1.29 is 14.2 Å². The summed E-state index contributed by atoms with van der Waals surface area (Å²) in [4.78, 5) is 0. The monoisotopic (exact) mass is 263 g/mol. The molecular formula is C15H21NO3. The lowest BCUT2D eigenvalue weighted by atomic mass is 10.1. The summed E-state index contributed by atoms with van der Waals surface area (Å²) in [5.41, 5.74) is 1.28. The van der Waals surface area contributed by atoms with Crippen molar-refractivity contribution in [3.05, 3.63) is 23.8 Å². The Bertz CT molecular complexity index is 431. The highest BCUT2D eigenvalue weighted by Gasteiger charge is 2.30. The number of methoxy groups -OCH3 is 1. The molecule has 4 nitrogen and oxygen atoms in total. The summed E-state index contributed by atoms with van der Waals surface area (Å²) in [7, 11) is 1.77. The van der Waals surface area contributed by atoms with Crippen molar-refractivity contribution in [3.63, 3.8) is 0 Å². The molecule has 2 aliphatic rings. The average molecular weight is 263 g/mol. The highest BCUT2D eigenvalue weighted by Crippen LogP contribution is 2.33. The molecule has 1 fully saturated rings. The summed E-state index contributed by atoms with van der Waals surface area (Å²) in [5, 5.41) is 3.60. The van der Waals surface area contributed by atoms with Crippen LogP contribution in [-0.4, -0.2) is 33.1 Å². The van der Waals surface area contributed by atoms with Crippen molar-refractivity contribution in [2.75, 3.05) is 27.1 Å². The number of fused-ring (bicyclic) bond motifs is 1. The summed E-state index contributed by atoms with van der Waals surface area (Å²) >= 11 is 0. The normalized spacial score (nSPS) is 18.6. The minimum Gasteiger partial charge on any atom is -0.454 e. The first-order valence-electron chi connectivity index (χ1n) is 6.97. The van der Waals surface area contributed by atoms with E-state index in [9.17, 15) is 0 Å². The highest BCUT2D eigenvalue weighted by molar-refractivity contribution is 5.44. The second kappa shape index (κ2) is 5.80. The van der Waals surface area contributed by atoms with E-state index in [1.807, 2.05) is 6.07 Å². The predicted molar refractivity (Wildman–Crippen MR) is 72.7 cm³/mol. The average Bonchev–Trinajstić information content (AvgIpc) is 3.16. The zero-order valence-electron chi connectivity index (χ0n) is 11.4. The maximum atomic E-state index is 5.39. The number of nitrogens with one attached hydrogen (secondary N) is 1. The van der Waals surface area contributed by atoms with Crippen LogP contribution >= 0.6 is 0 Å². The van der Waals surface area contributed by atoms with E-state index in [0.717, 1.165) is 37.0 Å². The Labute approximate surface area is 114 Å². The second-order valence-electron chi connectivity index (χ2n) is 5.29. The molecule has 1 aromatic rings. The van der Waals surface area contributed by atoms with Gasteiger partial charge in [-0.25, -0.2) is 0 Å². The number of ether oxygens (including phenoxy) is 3. The third kappa shape index (κ3) is 3.19. The summed E-state index contributed by atoms with van der Waals surface area (Å²) in [6.45, 7) is 2.13. The van der Waals surface area contributed by atoms with Crippen LogP contribution in [0.5, 0.6) is 11.5 Å². The Morgan fingerprint density at radius 2 is 2.16 bits per heavy atom. The van der Waals surface area contributed by atoms with Gasteiger partial charge in [0.25, 0.3) is 0 Å². The zero-order chi connectivity index (χ0) is 13.1. The van der Waals surface area contributed by atoms with Crippen LogP contribution in [0.25, 0.3) is 0 Å². The molecule has 0 bridgehead atoms. The first-order chi connectivity index (χ1) is 9.36. The molecule has 104 valence electrons. The van der Waals surface area contributed by atoms with E-state index in [4.69, 9.17) is 14.2 Å². The van der Waals surface area contributed by atoms with E-state index in [0.29, 0.717) is 12.8 Å². The molecule has 0 spiro atoms. The molecule has 0 amide bonds. The van der Waals surface area contributed by atoms with Crippen molar-refractivity contribution in [1.29, 1.82) is 0 Å². The van der Waals surface area contributed by atoms with Gasteiger partial charge in [0.15, 0.2) is 11.5 Å². The van der Waals surface area contributed by atoms with Gasteiger partial charge in [0, 0.05) is 13.2 Å². The molecule has 4 heteroatoms. The van der Waals surface area contributed by atoms with Gasteiger partial charge in [-0.2, -0.15) is 0 Å². The van der Waals surface area contributed by atoms with Crippen LogP contribution in [0.15, 0.2) is 18.2 Å². The minimum atomic E-state index is 0.342. The SMILES string of the molecule is COC[C@H](NCCc1ccc2c(c1)OCO2)C1CC1. The van der Waals surface area contributed by atoms with Gasteiger partial charge in [-0.05, 0) is 49.4 Å². The van der Waals surface area contributed by atoms with E-state index in [-0.39, 0.29) is 0 Å². The van der Waals surface area contributed by atoms with Crippen molar-refractivity contribution >= 4 is 0 Å². The highest BCUT2D eigenvalue weighted by atomic mass is 16.7. The van der Waals surface area contributed by atoms with E-state index >= 15 is 0 Å².